The van der Waals surface area contributed by atoms with Gasteiger partial charge >= 0.3 is 0 Å². The molecular weight excluding hydrogens is 152 g/mol. The number of aliphatic hydroxyl groups excluding tert-OH is 1. The van der Waals surface area contributed by atoms with Crippen molar-refractivity contribution in [3.05, 3.63) is 11.6 Å². The van der Waals surface area contributed by atoms with E-state index in [4.69, 9.17) is 5.11 Å². The third-order valence-electron chi connectivity index (χ3n) is 1.43. The molecular formula is C9H20OSi. The zero-order valence-electron chi connectivity index (χ0n) is 8.15. The molecule has 1 N–H and O–H groups in total. The SMILES string of the molecule is C/C(=C\CCO)C[Si](C)(C)C. The Bertz CT molecular complexity index is 133. The molecule has 0 aliphatic heterocycles. The lowest BCUT2D eigenvalue weighted by Gasteiger charge is -2.15. The van der Waals surface area contributed by atoms with Crippen LogP contribution in [0.5, 0.6) is 0 Å². The molecule has 0 aromatic rings. The molecule has 0 aromatic carbocycles. The Balaban J connectivity index is 3.76. The molecule has 0 saturated carbocycles. The lowest BCUT2D eigenvalue weighted by atomic mass is 10.3. The molecule has 0 atom stereocenters. The van der Waals surface area contributed by atoms with E-state index in [1.807, 2.05) is 0 Å². The third-order valence-corrected chi connectivity index (χ3v) is 3.05. The summed E-state index contributed by atoms with van der Waals surface area (Å²) >= 11 is 0. The molecule has 0 aliphatic carbocycles. The van der Waals surface area contributed by atoms with Gasteiger partial charge in [-0.25, -0.2) is 0 Å². The van der Waals surface area contributed by atoms with Gasteiger partial charge in [0.2, 0.25) is 0 Å². The number of aliphatic hydroxyl groups is 1. The highest BCUT2D eigenvalue weighted by atomic mass is 28.3. The van der Waals surface area contributed by atoms with Crippen molar-refractivity contribution < 1.29 is 5.11 Å². The van der Waals surface area contributed by atoms with Crippen LogP contribution < -0.4 is 0 Å². The average Bonchev–Trinajstić information content (AvgIpc) is 1.79. The van der Waals surface area contributed by atoms with Crippen molar-refractivity contribution in [3.8, 4) is 0 Å². The summed E-state index contributed by atoms with van der Waals surface area (Å²) < 4.78 is 0. The van der Waals surface area contributed by atoms with E-state index in [0.29, 0.717) is 0 Å². The van der Waals surface area contributed by atoms with E-state index in [9.17, 15) is 0 Å². The lowest BCUT2D eigenvalue weighted by molar-refractivity contribution is 0.302. The highest BCUT2D eigenvalue weighted by molar-refractivity contribution is 6.76. The normalized spacial score (nSPS) is 13.7. The summed E-state index contributed by atoms with van der Waals surface area (Å²) in [6.45, 7) is 9.53. The first kappa shape index (κ1) is 10.9. The van der Waals surface area contributed by atoms with Crippen LogP contribution in [-0.2, 0) is 0 Å². The molecule has 0 bridgehead atoms. The summed E-state index contributed by atoms with van der Waals surface area (Å²) in [5.74, 6) is 0. The van der Waals surface area contributed by atoms with Crippen LogP contribution in [0.25, 0.3) is 0 Å². The van der Waals surface area contributed by atoms with Crippen molar-refractivity contribution in [2.75, 3.05) is 6.61 Å². The van der Waals surface area contributed by atoms with Gasteiger partial charge in [0.05, 0.1) is 0 Å². The first-order valence-corrected chi connectivity index (χ1v) is 7.93. The van der Waals surface area contributed by atoms with Crippen molar-refractivity contribution in [1.82, 2.24) is 0 Å². The average molecular weight is 172 g/mol. The van der Waals surface area contributed by atoms with E-state index < -0.39 is 8.07 Å². The van der Waals surface area contributed by atoms with Gasteiger partial charge in [-0.15, -0.1) is 0 Å². The Hall–Kier alpha value is -0.0831. The second-order valence-corrected chi connectivity index (χ2v) is 9.78. The molecule has 0 amide bonds. The summed E-state index contributed by atoms with van der Waals surface area (Å²) in [6.07, 6.45) is 2.97. The summed E-state index contributed by atoms with van der Waals surface area (Å²) in [5, 5.41) is 8.58. The van der Waals surface area contributed by atoms with Gasteiger partial charge in [-0.3, -0.25) is 0 Å². The van der Waals surface area contributed by atoms with E-state index in [-0.39, 0.29) is 6.61 Å². The van der Waals surface area contributed by atoms with Crippen molar-refractivity contribution in [3.63, 3.8) is 0 Å². The van der Waals surface area contributed by atoms with Gasteiger partial charge in [-0.2, -0.15) is 0 Å². The number of rotatable bonds is 4. The quantitative estimate of drug-likeness (QED) is 0.510. The minimum absolute atomic E-state index is 0.281. The molecule has 0 unspecified atom stereocenters. The van der Waals surface area contributed by atoms with Crippen LogP contribution in [0.3, 0.4) is 0 Å². The van der Waals surface area contributed by atoms with Gasteiger partial charge in [0, 0.05) is 14.7 Å². The van der Waals surface area contributed by atoms with Crippen LogP contribution in [0.1, 0.15) is 13.3 Å². The Labute approximate surface area is 71.1 Å². The molecule has 0 saturated heterocycles. The van der Waals surface area contributed by atoms with Crippen molar-refractivity contribution >= 4 is 8.07 Å². The topological polar surface area (TPSA) is 20.2 Å². The standard InChI is InChI=1S/C9H20OSi/c1-9(6-5-7-10)8-11(2,3)4/h6,10H,5,7-8H2,1-4H3/b9-6+. The van der Waals surface area contributed by atoms with Gasteiger partial charge in [0.1, 0.15) is 0 Å². The number of hydrogen-bond donors (Lipinski definition) is 1. The van der Waals surface area contributed by atoms with E-state index in [2.05, 4.69) is 32.6 Å². The Kier molecular flexibility index (Phi) is 4.69. The second kappa shape index (κ2) is 4.73. The molecule has 0 spiro atoms. The van der Waals surface area contributed by atoms with Crippen LogP contribution >= 0.6 is 0 Å². The van der Waals surface area contributed by atoms with E-state index in [0.717, 1.165) is 6.42 Å². The Morgan fingerprint density at radius 2 is 1.91 bits per heavy atom. The predicted octanol–water partition coefficient (Wildman–Crippen LogP) is 2.65. The molecule has 2 heteroatoms. The maximum Gasteiger partial charge on any atom is 0.0483 e. The Morgan fingerprint density at radius 1 is 1.36 bits per heavy atom. The van der Waals surface area contributed by atoms with Crippen molar-refractivity contribution in [2.24, 2.45) is 0 Å². The maximum absolute atomic E-state index is 8.58. The summed E-state index contributed by atoms with van der Waals surface area (Å²) in [5.41, 5.74) is 1.44. The molecule has 66 valence electrons. The first-order chi connectivity index (χ1) is 4.95. The third kappa shape index (κ3) is 7.82. The van der Waals surface area contributed by atoms with Crippen molar-refractivity contribution in [1.29, 1.82) is 0 Å². The predicted molar refractivity (Wildman–Crippen MR) is 53.6 cm³/mol. The smallest absolute Gasteiger partial charge is 0.0483 e. The highest BCUT2D eigenvalue weighted by Crippen LogP contribution is 2.15. The maximum atomic E-state index is 8.58. The van der Waals surface area contributed by atoms with Gasteiger partial charge in [0.15, 0.2) is 0 Å². The number of allylic oxidation sites excluding steroid dienone is 1. The van der Waals surface area contributed by atoms with E-state index in [1.165, 1.54) is 11.6 Å². The van der Waals surface area contributed by atoms with E-state index in [1.54, 1.807) is 0 Å². The fourth-order valence-electron chi connectivity index (χ4n) is 1.22. The summed E-state index contributed by atoms with van der Waals surface area (Å²) in [6, 6.07) is 1.26. The van der Waals surface area contributed by atoms with Crippen LogP contribution in [0, 0.1) is 0 Å². The zero-order valence-corrected chi connectivity index (χ0v) is 9.15. The monoisotopic (exact) mass is 172 g/mol. The highest BCUT2D eigenvalue weighted by Gasteiger charge is 2.12. The fourth-order valence-corrected chi connectivity index (χ4v) is 3.04. The Morgan fingerprint density at radius 3 is 2.27 bits per heavy atom. The summed E-state index contributed by atoms with van der Waals surface area (Å²) in [7, 11) is -0.920. The largest absolute Gasteiger partial charge is 0.396 e. The van der Waals surface area contributed by atoms with Gasteiger partial charge in [-0.05, 0) is 19.4 Å². The van der Waals surface area contributed by atoms with Gasteiger partial charge in [-0.1, -0.05) is 31.3 Å². The van der Waals surface area contributed by atoms with Gasteiger partial charge in [0.25, 0.3) is 0 Å². The second-order valence-electron chi connectivity index (χ2n) is 4.30. The van der Waals surface area contributed by atoms with Crippen LogP contribution in [0.2, 0.25) is 25.7 Å². The van der Waals surface area contributed by atoms with Gasteiger partial charge < -0.3 is 5.11 Å². The molecule has 11 heavy (non-hydrogen) atoms. The minimum atomic E-state index is -0.920. The van der Waals surface area contributed by atoms with E-state index >= 15 is 0 Å². The molecule has 0 aliphatic rings. The fraction of sp³-hybridized carbons (Fsp3) is 0.778. The molecule has 0 radical (unpaired) electrons. The molecule has 0 heterocycles. The molecule has 0 rings (SSSR count). The number of hydrogen-bond acceptors (Lipinski definition) is 1. The lowest BCUT2D eigenvalue weighted by Crippen LogP contribution is -2.19. The molecule has 0 aromatic heterocycles. The van der Waals surface area contributed by atoms with Crippen LogP contribution in [0.15, 0.2) is 11.6 Å². The summed E-state index contributed by atoms with van der Waals surface area (Å²) in [4.78, 5) is 0. The minimum Gasteiger partial charge on any atom is -0.396 e. The van der Waals surface area contributed by atoms with Crippen molar-refractivity contribution in [2.45, 2.75) is 39.0 Å². The molecule has 1 nitrogen and oxygen atoms in total. The first-order valence-electron chi connectivity index (χ1n) is 4.22. The van der Waals surface area contributed by atoms with Crippen LogP contribution in [-0.4, -0.2) is 19.8 Å². The van der Waals surface area contributed by atoms with Crippen LogP contribution in [0.4, 0.5) is 0 Å². The molecule has 0 fully saturated rings. The zero-order chi connectivity index (χ0) is 8.91.